The quantitative estimate of drug-likeness (QED) is 0.565. The Morgan fingerprint density at radius 3 is 3.00 bits per heavy atom. The van der Waals surface area contributed by atoms with Crippen LogP contribution in [0.1, 0.15) is 5.69 Å². The summed E-state index contributed by atoms with van der Waals surface area (Å²) in [6.45, 7) is 1.96. The van der Waals surface area contributed by atoms with Crippen LogP contribution in [0.25, 0.3) is 11.1 Å². The van der Waals surface area contributed by atoms with Gasteiger partial charge in [0.2, 0.25) is 10.9 Å². The molecule has 0 aromatic carbocycles. The Morgan fingerprint density at radius 2 is 2.23 bits per heavy atom. The van der Waals surface area contributed by atoms with Gasteiger partial charge in [-0.1, -0.05) is 10.8 Å². The lowest BCUT2D eigenvalue weighted by Gasteiger charge is -1.97. The van der Waals surface area contributed by atoms with E-state index in [4.69, 9.17) is 4.42 Å². The predicted octanol–water partition coefficient (Wildman–Crippen LogP) is 2.90. The first-order chi connectivity index (χ1) is 6.31. The fourth-order valence-electron chi connectivity index (χ4n) is 1.09. The van der Waals surface area contributed by atoms with Gasteiger partial charge in [-0.2, -0.15) is 4.98 Å². The number of aryl methyl sites for hydroxylation is 1. The lowest BCUT2D eigenvalue weighted by molar-refractivity contribution is 0.597. The molecule has 0 saturated heterocycles. The first-order valence-corrected chi connectivity index (χ1v) is 6.29. The molecule has 0 amide bonds. The minimum absolute atomic E-state index is 0.670. The lowest BCUT2D eigenvalue weighted by atomic mass is 10.3. The zero-order valence-corrected chi connectivity index (χ0v) is 8.91. The predicted molar refractivity (Wildman–Crippen MR) is 55.9 cm³/mol. The highest BCUT2D eigenvalue weighted by atomic mass is 33.1. The molecule has 2 heterocycles. The molecule has 68 valence electrons. The average molecular weight is 212 g/mol. The maximum absolute atomic E-state index is 5.21. The summed E-state index contributed by atoms with van der Waals surface area (Å²) >= 11 is 0. The molecule has 0 spiro atoms. The molecule has 0 radical (unpaired) electrons. The number of hydrogen-bond donors (Lipinski definition) is 0. The van der Waals surface area contributed by atoms with Gasteiger partial charge in [0.25, 0.3) is 0 Å². The van der Waals surface area contributed by atoms with E-state index in [-0.39, 0.29) is 0 Å². The van der Waals surface area contributed by atoms with Gasteiger partial charge in [-0.25, -0.2) is 4.98 Å². The number of rotatable bonds is 2. The largest absolute Gasteiger partial charge is 0.446 e. The van der Waals surface area contributed by atoms with Crippen LogP contribution in [0, 0.1) is 6.92 Å². The van der Waals surface area contributed by atoms with Gasteiger partial charge in [0, 0.05) is 0 Å². The summed E-state index contributed by atoms with van der Waals surface area (Å²) in [6.07, 6.45) is 3.63. The van der Waals surface area contributed by atoms with Crippen molar-refractivity contribution in [2.75, 3.05) is 6.26 Å². The van der Waals surface area contributed by atoms with Crippen LogP contribution in [-0.2, 0) is 0 Å². The number of hydrogen-bond acceptors (Lipinski definition) is 5. The van der Waals surface area contributed by atoms with Gasteiger partial charge < -0.3 is 4.42 Å². The van der Waals surface area contributed by atoms with Gasteiger partial charge in [0.1, 0.15) is 0 Å². The van der Waals surface area contributed by atoms with Crippen LogP contribution in [-0.4, -0.2) is 16.2 Å². The summed E-state index contributed by atoms with van der Waals surface area (Å²) < 4.78 is 5.21. The minimum atomic E-state index is 0.670. The van der Waals surface area contributed by atoms with Crippen molar-refractivity contribution in [3.05, 3.63) is 18.0 Å². The van der Waals surface area contributed by atoms with Crippen LogP contribution >= 0.6 is 21.6 Å². The maximum atomic E-state index is 5.21. The Morgan fingerprint density at radius 1 is 1.38 bits per heavy atom. The van der Waals surface area contributed by atoms with E-state index in [9.17, 15) is 0 Å². The van der Waals surface area contributed by atoms with Crippen molar-refractivity contribution in [2.24, 2.45) is 0 Å². The van der Waals surface area contributed by atoms with E-state index in [0.29, 0.717) is 5.71 Å². The Bertz CT molecular complexity index is 427. The summed E-state index contributed by atoms with van der Waals surface area (Å²) in [5.41, 5.74) is 1.64. The highest BCUT2D eigenvalue weighted by Crippen LogP contribution is 2.27. The molecule has 0 saturated carbocycles. The van der Waals surface area contributed by atoms with Crippen LogP contribution in [0.15, 0.2) is 21.9 Å². The summed E-state index contributed by atoms with van der Waals surface area (Å²) in [5.74, 6) is 0. The molecule has 0 fully saturated rings. The fourth-order valence-corrected chi connectivity index (χ4v) is 2.20. The number of nitrogens with zero attached hydrogens (tertiary/aromatic N) is 2. The molecule has 0 aliphatic carbocycles. The van der Waals surface area contributed by atoms with Crippen molar-refractivity contribution in [1.29, 1.82) is 0 Å². The molecule has 0 unspecified atom stereocenters. The lowest BCUT2D eigenvalue weighted by Crippen LogP contribution is -1.88. The topological polar surface area (TPSA) is 38.9 Å². The summed E-state index contributed by atoms with van der Waals surface area (Å²) in [7, 11) is 3.17. The van der Waals surface area contributed by atoms with Crippen LogP contribution in [0.2, 0.25) is 0 Å². The smallest absolute Gasteiger partial charge is 0.230 e. The average Bonchev–Trinajstić information content (AvgIpc) is 2.53. The second-order valence-electron chi connectivity index (χ2n) is 2.48. The van der Waals surface area contributed by atoms with E-state index in [2.05, 4.69) is 9.97 Å². The molecule has 13 heavy (non-hydrogen) atoms. The third-order valence-electron chi connectivity index (χ3n) is 1.65. The molecule has 2 aromatic rings. The molecule has 0 bridgehead atoms. The maximum Gasteiger partial charge on any atom is 0.230 e. The van der Waals surface area contributed by atoms with Crippen LogP contribution in [0.4, 0.5) is 0 Å². The number of aromatic nitrogens is 2. The molecule has 0 aliphatic rings. The van der Waals surface area contributed by atoms with E-state index in [1.807, 2.05) is 19.2 Å². The zero-order valence-electron chi connectivity index (χ0n) is 7.27. The van der Waals surface area contributed by atoms with Gasteiger partial charge in [0.05, 0.1) is 17.3 Å². The van der Waals surface area contributed by atoms with Crippen molar-refractivity contribution < 1.29 is 4.42 Å². The molecule has 2 rings (SSSR count). The van der Waals surface area contributed by atoms with Crippen LogP contribution < -0.4 is 0 Å². The normalized spacial score (nSPS) is 10.9. The van der Waals surface area contributed by atoms with Crippen LogP contribution in [0.5, 0.6) is 0 Å². The molecule has 5 heteroatoms. The first-order valence-electron chi connectivity index (χ1n) is 3.74. The van der Waals surface area contributed by atoms with Gasteiger partial charge in [0.15, 0.2) is 0 Å². The molecule has 2 aromatic heterocycles. The third-order valence-corrected chi connectivity index (χ3v) is 3.10. The van der Waals surface area contributed by atoms with E-state index in [0.717, 1.165) is 16.2 Å². The highest BCUT2D eigenvalue weighted by Gasteiger charge is 2.06. The Labute approximate surface area is 83.7 Å². The molecule has 0 atom stereocenters. The SMILES string of the molecule is CSSc1nc(C)c2ccoc2n1. The van der Waals surface area contributed by atoms with Gasteiger partial charge in [-0.05, 0) is 30.0 Å². The summed E-state index contributed by atoms with van der Waals surface area (Å²) in [5, 5.41) is 1.75. The second-order valence-corrected chi connectivity index (χ2v) is 4.85. The van der Waals surface area contributed by atoms with E-state index >= 15 is 0 Å². The Kier molecular flexibility index (Phi) is 2.46. The van der Waals surface area contributed by atoms with E-state index in [1.165, 1.54) is 0 Å². The van der Waals surface area contributed by atoms with Crippen molar-refractivity contribution in [3.8, 4) is 0 Å². The highest BCUT2D eigenvalue weighted by molar-refractivity contribution is 8.76. The number of furan rings is 1. The van der Waals surface area contributed by atoms with Crippen molar-refractivity contribution >= 4 is 32.7 Å². The Balaban J connectivity index is 2.56. The molecule has 0 N–H and O–H groups in total. The standard InChI is InChI=1S/C8H8N2OS2/c1-5-6-3-4-11-7(6)10-8(9-5)13-12-2/h3-4H,1-2H3. The third kappa shape index (κ3) is 1.66. The summed E-state index contributed by atoms with van der Waals surface area (Å²) in [6, 6.07) is 1.89. The minimum Gasteiger partial charge on any atom is -0.446 e. The zero-order chi connectivity index (χ0) is 9.26. The molecule has 0 aliphatic heterocycles. The van der Waals surface area contributed by atoms with E-state index in [1.54, 1.807) is 27.9 Å². The van der Waals surface area contributed by atoms with Crippen molar-refractivity contribution in [2.45, 2.75) is 12.1 Å². The van der Waals surface area contributed by atoms with Crippen LogP contribution in [0.3, 0.4) is 0 Å². The van der Waals surface area contributed by atoms with Gasteiger partial charge in [-0.3, -0.25) is 0 Å². The summed E-state index contributed by atoms with van der Waals surface area (Å²) in [4.78, 5) is 8.58. The molecule has 3 nitrogen and oxygen atoms in total. The van der Waals surface area contributed by atoms with E-state index < -0.39 is 0 Å². The fraction of sp³-hybridized carbons (Fsp3) is 0.250. The number of fused-ring (bicyclic) bond motifs is 1. The van der Waals surface area contributed by atoms with Gasteiger partial charge in [-0.15, -0.1) is 0 Å². The second kappa shape index (κ2) is 3.59. The van der Waals surface area contributed by atoms with Crippen molar-refractivity contribution in [1.82, 2.24) is 9.97 Å². The first kappa shape index (κ1) is 8.90. The van der Waals surface area contributed by atoms with Crippen molar-refractivity contribution in [3.63, 3.8) is 0 Å². The van der Waals surface area contributed by atoms with Gasteiger partial charge >= 0.3 is 0 Å². The monoisotopic (exact) mass is 212 g/mol. The molecular formula is C8H8N2OS2. The molecular weight excluding hydrogens is 204 g/mol. The Hall–Kier alpha value is -0.680.